The summed E-state index contributed by atoms with van der Waals surface area (Å²) in [5.74, 6) is 2.42. The smallest absolute Gasteiger partial charge is 0.162 e. The number of hydrogen-bond donors (Lipinski definition) is 1. The van der Waals surface area contributed by atoms with Crippen molar-refractivity contribution in [2.75, 3.05) is 12.4 Å². The molecule has 106 valence electrons. The summed E-state index contributed by atoms with van der Waals surface area (Å²) >= 11 is 1.82. The summed E-state index contributed by atoms with van der Waals surface area (Å²) in [6, 6.07) is 4.32. The van der Waals surface area contributed by atoms with Crippen LogP contribution in [0.4, 0.5) is 5.82 Å². The van der Waals surface area contributed by atoms with Crippen LogP contribution in [0, 0.1) is 13.8 Å². The standard InChI is InChI=1S/C16H21N3S/c1-10-8-13(11(2)20-10)16-18-14(9-15(17-3)19-16)12-6-4-5-7-12/h8-9,12H,4-7H2,1-3H3,(H,17,18,19). The largest absolute Gasteiger partial charge is 0.373 e. The van der Waals surface area contributed by atoms with Gasteiger partial charge in [-0.05, 0) is 32.8 Å². The SMILES string of the molecule is CNc1cc(C2CCCC2)nc(-c2cc(C)sc2C)n1. The summed E-state index contributed by atoms with van der Waals surface area (Å²) < 4.78 is 0. The van der Waals surface area contributed by atoms with E-state index in [9.17, 15) is 0 Å². The predicted molar refractivity (Wildman–Crippen MR) is 85.6 cm³/mol. The lowest BCUT2D eigenvalue weighted by Crippen LogP contribution is -2.03. The molecule has 2 aromatic heterocycles. The summed E-state index contributed by atoms with van der Waals surface area (Å²) in [5, 5.41) is 3.18. The number of aryl methyl sites for hydroxylation is 2. The fraction of sp³-hybridized carbons (Fsp3) is 0.500. The van der Waals surface area contributed by atoms with Gasteiger partial charge in [-0.25, -0.2) is 9.97 Å². The minimum absolute atomic E-state index is 0.615. The predicted octanol–water partition coefficient (Wildman–Crippen LogP) is 4.52. The highest BCUT2D eigenvalue weighted by Crippen LogP contribution is 2.35. The van der Waals surface area contributed by atoms with E-state index in [1.54, 1.807) is 0 Å². The summed E-state index contributed by atoms with van der Waals surface area (Å²) in [6.45, 7) is 4.29. The Balaban J connectivity index is 2.05. The Bertz CT molecular complexity index is 612. The van der Waals surface area contributed by atoms with Crippen LogP contribution >= 0.6 is 11.3 Å². The second kappa shape index (κ2) is 5.52. The van der Waals surface area contributed by atoms with Crippen molar-refractivity contribution in [2.45, 2.75) is 45.4 Å². The Morgan fingerprint density at radius 3 is 2.50 bits per heavy atom. The van der Waals surface area contributed by atoms with Crippen molar-refractivity contribution in [3.8, 4) is 11.4 Å². The number of anilines is 1. The Morgan fingerprint density at radius 1 is 1.15 bits per heavy atom. The monoisotopic (exact) mass is 287 g/mol. The zero-order valence-electron chi connectivity index (χ0n) is 12.4. The molecule has 0 radical (unpaired) electrons. The number of thiophene rings is 1. The second-order valence-electron chi connectivity index (χ2n) is 5.56. The molecule has 1 saturated carbocycles. The van der Waals surface area contributed by atoms with Gasteiger partial charge in [0.1, 0.15) is 5.82 Å². The van der Waals surface area contributed by atoms with Crippen molar-refractivity contribution in [2.24, 2.45) is 0 Å². The van der Waals surface area contributed by atoms with Crippen LogP contribution in [-0.2, 0) is 0 Å². The van der Waals surface area contributed by atoms with Crippen molar-refractivity contribution in [3.05, 3.63) is 27.6 Å². The van der Waals surface area contributed by atoms with Crippen molar-refractivity contribution in [3.63, 3.8) is 0 Å². The molecule has 3 nitrogen and oxygen atoms in total. The zero-order valence-corrected chi connectivity index (χ0v) is 13.2. The van der Waals surface area contributed by atoms with Crippen LogP contribution in [0.25, 0.3) is 11.4 Å². The average molecular weight is 287 g/mol. The number of nitrogens with zero attached hydrogens (tertiary/aromatic N) is 2. The van der Waals surface area contributed by atoms with Crippen molar-refractivity contribution in [1.82, 2.24) is 9.97 Å². The Hall–Kier alpha value is -1.42. The summed E-state index contributed by atoms with van der Waals surface area (Å²) in [6.07, 6.45) is 5.19. The lowest BCUT2D eigenvalue weighted by molar-refractivity contribution is 0.696. The zero-order chi connectivity index (χ0) is 14.1. The number of hydrogen-bond acceptors (Lipinski definition) is 4. The van der Waals surface area contributed by atoms with E-state index in [0.29, 0.717) is 5.92 Å². The first-order chi connectivity index (χ1) is 9.67. The lowest BCUT2D eigenvalue weighted by Gasteiger charge is -2.12. The van der Waals surface area contributed by atoms with Gasteiger partial charge in [-0.15, -0.1) is 11.3 Å². The van der Waals surface area contributed by atoms with Crippen LogP contribution in [0.15, 0.2) is 12.1 Å². The Labute approximate surface area is 124 Å². The van der Waals surface area contributed by atoms with Crippen molar-refractivity contribution < 1.29 is 0 Å². The van der Waals surface area contributed by atoms with Gasteiger partial charge in [-0.3, -0.25) is 0 Å². The van der Waals surface area contributed by atoms with Gasteiger partial charge in [0.25, 0.3) is 0 Å². The quantitative estimate of drug-likeness (QED) is 0.901. The van der Waals surface area contributed by atoms with Crippen molar-refractivity contribution >= 4 is 17.2 Å². The molecule has 0 aromatic carbocycles. The molecular weight excluding hydrogens is 266 g/mol. The highest BCUT2D eigenvalue weighted by molar-refractivity contribution is 7.12. The van der Waals surface area contributed by atoms with Gasteiger partial charge in [-0.1, -0.05) is 12.8 Å². The lowest BCUT2D eigenvalue weighted by atomic mass is 10.0. The summed E-state index contributed by atoms with van der Waals surface area (Å²) in [5.41, 5.74) is 2.39. The van der Waals surface area contributed by atoms with E-state index in [1.165, 1.54) is 46.7 Å². The molecule has 1 aliphatic carbocycles. The molecular formula is C16H21N3S. The maximum absolute atomic E-state index is 4.86. The highest BCUT2D eigenvalue weighted by atomic mass is 32.1. The Kier molecular flexibility index (Phi) is 3.74. The summed E-state index contributed by atoms with van der Waals surface area (Å²) in [7, 11) is 1.93. The molecule has 20 heavy (non-hydrogen) atoms. The van der Waals surface area contributed by atoms with E-state index in [1.807, 2.05) is 18.4 Å². The van der Waals surface area contributed by atoms with Gasteiger partial charge in [0, 0.05) is 40.0 Å². The molecule has 1 fully saturated rings. The van der Waals surface area contributed by atoms with Crippen LogP contribution in [0.2, 0.25) is 0 Å². The van der Waals surface area contributed by atoms with Crippen LogP contribution in [0.1, 0.15) is 47.0 Å². The topological polar surface area (TPSA) is 37.8 Å². The van der Waals surface area contributed by atoms with E-state index >= 15 is 0 Å². The fourth-order valence-electron chi connectivity index (χ4n) is 3.00. The van der Waals surface area contributed by atoms with Gasteiger partial charge in [0.05, 0.1) is 0 Å². The van der Waals surface area contributed by atoms with Gasteiger partial charge in [0.2, 0.25) is 0 Å². The molecule has 0 aliphatic heterocycles. The maximum atomic E-state index is 4.86. The first kappa shape index (κ1) is 13.6. The molecule has 0 unspecified atom stereocenters. The molecule has 0 saturated heterocycles. The molecule has 0 atom stereocenters. The molecule has 0 amide bonds. The normalized spacial score (nSPS) is 15.8. The van der Waals surface area contributed by atoms with Crippen LogP contribution in [0.5, 0.6) is 0 Å². The molecule has 3 rings (SSSR count). The van der Waals surface area contributed by atoms with Crippen molar-refractivity contribution in [1.29, 1.82) is 0 Å². The number of rotatable bonds is 3. The van der Waals surface area contributed by atoms with Crippen LogP contribution < -0.4 is 5.32 Å². The van der Waals surface area contributed by atoms with Gasteiger partial charge in [0.15, 0.2) is 5.82 Å². The fourth-order valence-corrected chi connectivity index (χ4v) is 3.92. The molecule has 0 spiro atoms. The number of aromatic nitrogens is 2. The molecule has 0 bridgehead atoms. The van der Waals surface area contributed by atoms with E-state index < -0.39 is 0 Å². The Morgan fingerprint density at radius 2 is 1.90 bits per heavy atom. The molecule has 4 heteroatoms. The average Bonchev–Trinajstić information content (AvgIpc) is 3.08. The molecule has 2 heterocycles. The van der Waals surface area contributed by atoms with Crippen LogP contribution in [-0.4, -0.2) is 17.0 Å². The van der Waals surface area contributed by atoms with E-state index in [2.05, 4.69) is 36.3 Å². The minimum atomic E-state index is 0.615. The molecule has 1 N–H and O–H groups in total. The van der Waals surface area contributed by atoms with E-state index in [0.717, 1.165) is 11.6 Å². The highest BCUT2D eigenvalue weighted by Gasteiger charge is 2.20. The van der Waals surface area contributed by atoms with Gasteiger partial charge >= 0.3 is 0 Å². The third-order valence-electron chi connectivity index (χ3n) is 4.06. The van der Waals surface area contributed by atoms with E-state index in [-0.39, 0.29) is 0 Å². The maximum Gasteiger partial charge on any atom is 0.162 e. The second-order valence-corrected chi connectivity index (χ2v) is 7.02. The number of nitrogens with one attached hydrogen (secondary N) is 1. The third-order valence-corrected chi connectivity index (χ3v) is 5.02. The molecule has 2 aromatic rings. The van der Waals surface area contributed by atoms with Gasteiger partial charge in [-0.2, -0.15) is 0 Å². The first-order valence-corrected chi connectivity index (χ1v) is 8.13. The molecule has 1 aliphatic rings. The summed E-state index contributed by atoms with van der Waals surface area (Å²) in [4.78, 5) is 12.1. The van der Waals surface area contributed by atoms with Crippen LogP contribution in [0.3, 0.4) is 0 Å². The first-order valence-electron chi connectivity index (χ1n) is 7.31. The minimum Gasteiger partial charge on any atom is -0.373 e. The third kappa shape index (κ3) is 2.57. The van der Waals surface area contributed by atoms with E-state index in [4.69, 9.17) is 4.98 Å². The van der Waals surface area contributed by atoms with Gasteiger partial charge < -0.3 is 5.32 Å².